The highest BCUT2D eigenvalue weighted by Gasteiger charge is 2.68. The number of rotatable bonds is 4. The summed E-state index contributed by atoms with van der Waals surface area (Å²) < 4.78 is 8.04. The molecule has 146 valence electrons. The molecular formula is C20H28N4O3. The van der Waals surface area contributed by atoms with Crippen LogP contribution in [0, 0.1) is 11.8 Å². The van der Waals surface area contributed by atoms with Crippen LogP contribution in [0.25, 0.3) is 0 Å². The zero-order valence-electron chi connectivity index (χ0n) is 16.7. The van der Waals surface area contributed by atoms with E-state index in [1.807, 2.05) is 55.6 Å². The largest absolute Gasteiger partial charge is 0.360 e. The van der Waals surface area contributed by atoms with Gasteiger partial charge in [0, 0.05) is 37.4 Å². The first-order chi connectivity index (χ1) is 12.7. The Bertz CT molecular complexity index is 808. The first-order valence-electron chi connectivity index (χ1n) is 9.61. The van der Waals surface area contributed by atoms with Crippen molar-refractivity contribution in [2.75, 3.05) is 13.6 Å². The van der Waals surface area contributed by atoms with E-state index in [9.17, 15) is 9.59 Å². The maximum Gasteiger partial charge on any atom is 0.230 e. The van der Waals surface area contributed by atoms with Crippen molar-refractivity contribution in [3.63, 3.8) is 0 Å². The molecule has 0 saturated carbocycles. The standard InChI is InChI=1S/C20H28N4O3/c1-6-23-11-13(9-21-23)10-22(5)17(25)15-14-7-8-20(27-14)12-24(19(2,3)4)18(26)16(15)20/h7-9,11,14-16H,6,10,12H2,1-5H3/t14-,15+,16-,20-/m0/s1. The lowest BCUT2D eigenvalue weighted by molar-refractivity contribution is -0.144. The first-order valence-corrected chi connectivity index (χ1v) is 9.61. The van der Waals surface area contributed by atoms with Crippen LogP contribution in [0.5, 0.6) is 0 Å². The van der Waals surface area contributed by atoms with Gasteiger partial charge in [0.1, 0.15) is 5.60 Å². The Hall–Kier alpha value is -2.15. The van der Waals surface area contributed by atoms with Crippen molar-refractivity contribution in [2.45, 2.75) is 58.0 Å². The van der Waals surface area contributed by atoms with Crippen molar-refractivity contribution in [1.29, 1.82) is 0 Å². The zero-order valence-corrected chi connectivity index (χ0v) is 16.7. The highest BCUT2D eigenvalue weighted by atomic mass is 16.5. The van der Waals surface area contributed by atoms with Crippen molar-refractivity contribution in [1.82, 2.24) is 19.6 Å². The molecule has 3 aliphatic rings. The van der Waals surface area contributed by atoms with Gasteiger partial charge in [0.15, 0.2) is 0 Å². The van der Waals surface area contributed by atoms with Gasteiger partial charge in [-0.05, 0) is 27.7 Å². The molecule has 7 heteroatoms. The topological polar surface area (TPSA) is 67.7 Å². The van der Waals surface area contributed by atoms with Gasteiger partial charge in [-0.25, -0.2) is 0 Å². The number of hydrogen-bond acceptors (Lipinski definition) is 4. The third-order valence-electron chi connectivity index (χ3n) is 6.00. The Kier molecular flexibility index (Phi) is 4.00. The van der Waals surface area contributed by atoms with Gasteiger partial charge in [0.2, 0.25) is 11.8 Å². The van der Waals surface area contributed by atoms with Crippen LogP contribution in [-0.2, 0) is 27.4 Å². The predicted octanol–water partition coefficient (Wildman–Crippen LogP) is 1.44. The summed E-state index contributed by atoms with van der Waals surface area (Å²) >= 11 is 0. The van der Waals surface area contributed by atoms with E-state index in [0.717, 1.165) is 12.1 Å². The molecule has 4 atom stereocenters. The van der Waals surface area contributed by atoms with Crippen molar-refractivity contribution >= 4 is 11.8 Å². The van der Waals surface area contributed by atoms with Gasteiger partial charge in [0.05, 0.1) is 30.7 Å². The smallest absolute Gasteiger partial charge is 0.230 e. The number of likely N-dealkylation sites (tertiary alicyclic amines) is 1. The summed E-state index contributed by atoms with van der Waals surface area (Å²) in [4.78, 5) is 30.0. The van der Waals surface area contributed by atoms with E-state index in [0.29, 0.717) is 13.1 Å². The fourth-order valence-electron chi connectivity index (χ4n) is 4.62. The number of amides is 2. The van der Waals surface area contributed by atoms with E-state index in [4.69, 9.17) is 4.74 Å². The molecule has 1 aromatic rings. The summed E-state index contributed by atoms with van der Waals surface area (Å²) in [7, 11) is 1.79. The molecular weight excluding hydrogens is 344 g/mol. The molecule has 0 N–H and O–H groups in total. The molecule has 1 aromatic heterocycles. The Morgan fingerprint density at radius 3 is 2.81 bits per heavy atom. The van der Waals surface area contributed by atoms with Gasteiger partial charge < -0.3 is 14.5 Å². The van der Waals surface area contributed by atoms with Gasteiger partial charge >= 0.3 is 0 Å². The number of nitrogens with zero attached hydrogens (tertiary/aromatic N) is 4. The minimum absolute atomic E-state index is 0.0277. The molecule has 1 spiro atoms. The average Bonchev–Trinajstić information content (AvgIpc) is 3.34. The minimum Gasteiger partial charge on any atom is -0.360 e. The summed E-state index contributed by atoms with van der Waals surface area (Å²) in [6.07, 6.45) is 7.38. The number of carbonyl (C=O) groups excluding carboxylic acids is 2. The van der Waals surface area contributed by atoms with Gasteiger partial charge in [-0.3, -0.25) is 14.3 Å². The Labute approximate surface area is 159 Å². The lowest BCUT2D eigenvalue weighted by Gasteiger charge is -2.34. The highest BCUT2D eigenvalue weighted by molar-refractivity contribution is 5.93. The van der Waals surface area contributed by atoms with Crippen molar-refractivity contribution in [2.24, 2.45) is 11.8 Å². The van der Waals surface area contributed by atoms with E-state index < -0.39 is 17.4 Å². The minimum atomic E-state index is -0.650. The highest BCUT2D eigenvalue weighted by Crippen LogP contribution is 2.53. The molecule has 27 heavy (non-hydrogen) atoms. The van der Waals surface area contributed by atoms with Crippen molar-refractivity contribution in [3.8, 4) is 0 Å². The van der Waals surface area contributed by atoms with E-state index in [-0.39, 0.29) is 23.5 Å². The maximum absolute atomic E-state index is 13.3. The van der Waals surface area contributed by atoms with E-state index in [1.165, 1.54) is 0 Å². The molecule has 4 heterocycles. The summed E-state index contributed by atoms with van der Waals surface area (Å²) in [6.45, 7) is 9.87. The fraction of sp³-hybridized carbons (Fsp3) is 0.650. The first kappa shape index (κ1) is 18.2. The molecule has 2 fully saturated rings. The molecule has 0 aromatic carbocycles. The van der Waals surface area contributed by atoms with Crippen LogP contribution in [-0.4, -0.2) is 62.2 Å². The molecule has 0 radical (unpaired) electrons. The molecule has 3 aliphatic heterocycles. The van der Waals surface area contributed by atoms with Gasteiger partial charge in [-0.1, -0.05) is 12.2 Å². The van der Waals surface area contributed by atoms with Gasteiger partial charge in [-0.2, -0.15) is 5.10 Å². The second kappa shape index (κ2) is 5.92. The lowest BCUT2D eigenvalue weighted by atomic mass is 9.76. The normalized spacial score (nSPS) is 31.7. The SMILES string of the molecule is CCn1cc(CN(C)C(=O)[C@@H]2[C@@H]3C=C[C@@]4(CN(C(C)(C)C)C(=O)[C@H]24)O3)cn1. The number of ether oxygens (including phenoxy) is 1. The Balaban J connectivity index is 1.56. The van der Waals surface area contributed by atoms with Gasteiger partial charge in [-0.15, -0.1) is 0 Å². The van der Waals surface area contributed by atoms with E-state index >= 15 is 0 Å². The molecule has 2 amide bonds. The summed E-state index contributed by atoms with van der Waals surface area (Å²) in [5, 5.41) is 4.27. The molecule has 7 nitrogen and oxygen atoms in total. The van der Waals surface area contributed by atoms with Crippen LogP contribution < -0.4 is 0 Å². The van der Waals surface area contributed by atoms with E-state index in [2.05, 4.69) is 5.10 Å². The number of fused-ring (bicyclic) bond motifs is 1. The second-order valence-electron chi connectivity index (χ2n) is 8.89. The monoisotopic (exact) mass is 372 g/mol. The molecule has 0 unspecified atom stereocenters. The van der Waals surface area contributed by atoms with E-state index in [1.54, 1.807) is 18.1 Å². The molecule has 4 rings (SSSR count). The van der Waals surface area contributed by atoms with Crippen LogP contribution >= 0.6 is 0 Å². The van der Waals surface area contributed by atoms with Crippen LogP contribution in [0.1, 0.15) is 33.3 Å². The van der Waals surface area contributed by atoms with Crippen LogP contribution in [0.2, 0.25) is 0 Å². The average molecular weight is 372 g/mol. The number of hydrogen-bond donors (Lipinski definition) is 0. The second-order valence-corrected chi connectivity index (χ2v) is 8.89. The number of carbonyl (C=O) groups is 2. The summed E-state index contributed by atoms with van der Waals surface area (Å²) in [6, 6.07) is 0. The Morgan fingerprint density at radius 1 is 1.44 bits per heavy atom. The quantitative estimate of drug-likeness (QED) is 0.750. The number of aromatic nitrogens is 2. The number of aryl methyl sites for hydroxylation is 1. The zero-order chi connectivity index (χ0) is 19.6. The van der Waals surface area contributed by atoms with Crippen LogP contribution in [0.3, 0.4) is 0 Å². The summed E-state index contributed by atoms with van der Waals surface area (Å²) in [5.41, 5.74) is 0.0410. The van der Waals surface area contributed by atoms with Gasteiger partial charge in [0.25, 0.3) is 0 Å². The van der Waals surface area contributed by atoms with Crippen molar-refractivity contribution < 1.29 is 14.3 Å². The van der Waals surface area contributed by atoms with Crippen molar-refractivity contribution in [3.05, 3.63) is 30.1 Å². The molecule has 2 saturated heterocycles. The summed E-state index contributed by atoms with van der Waals surface area (Å²) in [5.74, 6) is -0.898. The molecule has 2 bridgehead atoms. The van der Waals surface area contributed by atoms with Crippen LogP contribution in [0.15, 0.2) is 24.5 Å². The predicted molar refractivity (Wildman–Crippen MR) is 99.6 cm³/mol. The Morgan fingerprint density at radius 2 is 2.19 bits per heavy atom. The lowest BCUT2D eigenvalue weighted by Crippen LogP contribution is -2.47. The van der Waals surface area contributed by atoms with Crippen LogP contribution in [0.4, 0.5) is 0 Å². The third-order valence-corrected chi connectivity index (χ3v) is 6.00. The molecule has 0 aliphatic carbocycles. The maximum atomic E-state index is 13.3. The third kappa shape index (κ3) is 2.71. The fourth-order valence-corrected chi connectivity index (χ4v) is 4.62.